The van der Waals surface area contributed by atoms with Crippen molar-refractivity contribution in [2.45, 2.75) is 24.3 Å². The van der Waals surface area contributed by atoms with Gasteiger partial charge in [-0.3, -0.25) is 4.79 Å². The molecule has 3 aromatic rings. The maximum atomic E-state index is 13.3. The third-order valence-corrected chi connectivity index (χ3v) is 8.05. The molecule has 2 heterocycles. The van der Waals surface area contributed by atoms with Gasteiger partial charge in [0.15, 0.2) is 0 Å². The Balaban J connectivity index is 1.45. The highest BCUT2D eigenvalue weighted by molar-refractivity contribution is 7.89. The van der Waals surface area contributed by atoms with Crippen LogP contribution in [0.15, 0.2) is 53.6 Å². The van der Waals surface area contributed by atoms with Gasteiger partial charge in [-0.2, -0.15) is 4.31 Å². The molecule has 1 fully saturated rings. The molecule has 0 saturated carbocycles. The number of fused-ring (bicyclic) bond motifs is 1. The molecule has 2 aromatic carbocycles. The summed E-state index contributed by atoms with van der Waals surface area (Å²) in [7, 11) is 1.39. The number of hydrogen-bond acceptors (Lipinski definition) is 5. The molecule has 1 atom stereocenters. The highest BCUT2D eigenvalue weighted by Crippen LogP contribution is 2.27. The van der Waals surface area contributed by atoms with Gasteiger partial charge in [-0.25, -0.2) is 8.42 Å². The molecule has 4 rings (SSSR count). The van der Waals surface area contributed by atoms with Crippen LogP contribution in [0.25, 0.3) is 10.9 Å². The summed E-state index contributed by atoms with van der Waals surface area (Å²) in [5.41, 5.74) is 1.76. The predicted octanol–water partition coefficient (Wildman–Crippen LogP) is 2.91. The Morgan fingerprint density at radius 3 is 2.70 bits per heavy atom. The lowest BCUT2D eigenvalue weighted by Crippen LogP contribution is -2.45. The average molecular weight is 472 g/mol. The van der Waals surface area contributed by atoms with Gasteiger partial charge in [0.1, 0.15) is 11.5 Å². The molecule has 1 N–H and O–H groups in total. The van der Waals surface area contributed by atoms with Gasteiger partial charge >= 0.3 is 0 Å². The van der Waals surface area contributed by atoms with E-state index in [0.29, 0.717) is 30.9 Å². The second-order valence-electron chi connectivity index (χ2n) is 8.25. The Hall–Kier alpha value is -3.04. The number of hydrogen-bond donors (Lipinski definition) is 1. The summed E-state index contributed by atoms with van der Waals surface area (Å²) in [6.45, 7) is 0.839. The first-order chi connectivity index (χ1) is 15.8. The van der Waals surface area contributed by atoms with Crippen LogP contribution in [0.2, 0.25) is 0 Å². The largest absolute Gasteiger partial charge is 0.497 e. The van der Waals surface area contributed by atoms with Crippen LogP contribution in [0.1, 0.15) is 18.4 Å². The number of methoxy groups -OCH3 is 2. The molecule has 1 amide bonds. The normalized spacial score (nSPS) is 17.1. The first-order valence-electron chi connectivity index (χ1n) is 10.9. The Morgan fingerprint density at radius 1 is 1.12 bits per heavy atom. The quantitative estimate of drug-likeness (QED) is 0.572. The van der Waals surface area contributed by atoms with Crippen molar-refractivity contribution in [1.29, 1.82) is 0 Å². The zero-order valence-corrected chi connectivity index (χ0v) is 19.9. The fraction of sp³-hybridized carbons (Fsp3) is 0.375. The topological polar surface area (TPSA) is 89.9 Å². The van der Waals surface area contributed by atoms with E-state index in [1.54, 1.807) is 38.5 Å². The van der Waals surface area contributed by atoms with E-state index in [0.717, 1.165) is 16.5 Å². The predicted molar refractivity (Wildman–Crippen MR) is 126 cm³/mol. The number of nitrogens with zero attached hydrogens (tertiary/aromatic N) is 2. The molecule has 1 aliphatic heterocycles. The van der Waals surface area contributed by atoms with Crippen LogP contribution in [0.4, 0.5) is 0 Å². The molecule has 1 aromatic heterocycles. The van der Waals surface area contributed by atoms with Crippen molar-refractivity contribution in [3.05, 3.63) is 54.2 Å². The number of rotatable bonds is 7. The number of sulfonamides is 1. The molecule has 0 aliphatic carbocycles. The maximum Gasteiger partial charge on any atom is 0.243 e. The van der Waals surface area contributed by atoms with Crippen molar-refractivity contribution in [2.24, 2.45) is 13.0 Å². The number of carbonyl (C=O) groups is 1. The van der Waals surface area contributed by atoms with Gasteiger partial charge < -0.3 is 19.4 Å². The highest BCUT2D eigenvalue weighted by atomic mass is 32.2. The molecule has 9 heteroatoms. The number of amides is 1. The minimum Gasteiger partial charge on any atom is -0.497 e. The summed E-state index contributed by atoms with van der Waals surface area (Å²) < 4.78 is 40.6. The Kier molecular flexibility index (Phi) is 6.62. The highest BCUT2D eigenvalue weighted by Gasteiger charge is 2.33. The molecule has 0 bridgehead atoms. The van der Waals surface area contributed by atoms with E-state index >= 15 is 0 Å². The number of ether oxygens (including phenoxy) is 2. The van der Waals surface area contributed by atoms with Gasteiger partial charge in [0.2, 0.25) is 15.9 Å². The number of aromatic nitrogens is 1. The SMILES string of the molecule is COc1ccc(OC)c(CNC(=O)[C@H]2CCCN(S(=O)(=O)c3ccc4c(ccn4C)c3)C2)c1. The first-order valence-corrected chi connectivity index (χ1v) is 12.3. The minimum atomic E-state index is -3.69. The van der Waals surface area contributed by atoms with Crippen LogP contribution in [0, 0.1) is 5.92 Å². The standard InChI is InChI=1S/C24H29N3O5S/c1-26-12-10-17-14-21(7-8-22(17)26)33(29,30)27-11-4-5-18(16-27)24(28)25-15-19-13-20(31-2)6-9-23(19)32-3/h6-10,12-14,18H,4-5,11,15-16H2,1-3H3,(H,25,28)/t18-/m0/s1. The number of aryl methyl sites for hydroxylation is 1. The Morgan fingerprint density at radius 2 is 1.94 bits per heavy atom. The van der Waals surface area contributed by atoms with Gasteiger partial charge in [0.25, 0.3) is 0 Å². The molecule has 0 radical (unpaired) electrons. The number of nitrogens with one attached hydrogen (secondary N) is 1. The summed E-state index contributed by atoms with van der Waals surface area (Å²) >= 11 is 0. The molecule has 33 heavy (non-hydrogen) atoms. The van der Waals surface area contributed by atoms with Crippen LogP contribution < -0.4 is 14.8 Å². The molecule has 0 unspecified atom stereocenters. The summed E-state index contributed by atoms with van der Waals surface area (Å²) in [6.07, 6.45) is 3.18. The van der Waals surface area contributed by atoms with E-state index in [-0.39, 0.29) is 23.9 Å². The number of piperidine rings is 1. The first kappa shape index (κ1) is 23.1. The van der Waals surface area contributed by atoms with Crippen LogP contribution >= 0.6 is 0 Å². The van der Waals surface area contributed by atoms with Crippen LogP contribution in [0.3, 0.4) is 0 Å². The van der Waals surface area contributed by atoms with Crippen molar-refractivity contribution in [3.63, 3.8) is 0 Å². The molecule has 0 spiro atoms. The molecule has 1 aliphatic rings. The molecular formula is C24H29N3O5S. The fourth-order valence-electron chi connectivity index (χ4n) is 4.29. The zero-order valence-electron chi connectivity index (χ0n) is 19.1. The van der Waals surface area contributed by atoms with E-state index < -0.39 is 15.9 Å². The number of benzene rings is 2. The summed E-state index contributed by atoms with van der Waals surface area (Å²) in [5, 5.41) is 3.81. The lowest BCUT2D eigenvalue weighted by molar-refractivity contribution is -0.126. The molecular weight excluding hydrogens is 442 g/mol. The number of carbonyl (C=O) groups excluding carboxylic acids is 1. The van der Waals surface area contributed by atoms with Gasteiger partial charge in [-0.15, -0.1) is 0 Å². The van der Waals surface area contributed by atoms with Crippen molar-refractivity contribution >= 4 is 26.8 Å². The van der Waals surface area contributed by atoms with Crippen molar-refractivity contribution in [2.75, 3.05) is 27.3 Å². The van der Waals surface area contributed by atoms with Crippen LogP contribution in [-0.2, 0) is 28.4 Å². The zero-order chi connectivity index (χ0) is 23.6. The monoisotopic (exact) mass is 471 g/mol. The van der Waals surface area contributed by atoms with Gasteiger partial charge in [-0.1, -0.05) is 0 Å². The van der Waals surface area contributed by atoms with Crippen molar-refractivity contribution in [3.8, 4) is 11.5 Å². The van der Waals surface area contributed by atoms with Crippen molar-refractivity contribution in [1.82, 2.24) is 14.2 Å². The van der Waals surface area contributed by atoms with E-state index in [2.05, 4.69) is 5.32 Å². The third kappa shape index (κ3) is 4.69. The van der Waals surface area contributed by atoms with Gasteiger partial charge in [0.05, 0.1) is 25.0 Å². The van der Waals surface area contributed by atoms with E-state index in [1.165, 1.54) is 4.31 Å². The lowest BCUT2D eigenvalue weighted by Gasteiger charge is -2.31. The van der Waals surface area contributed by atoms with Crippen LogP contribution in [0.5, 0.6) is 11.5 Å². The van der Waals surface area contributed by atoms with Crippen LogP contribution in [-0.4, -0.2) is 50.5 Å². The molecule has 1 saturated heterocycles. The maximum absolute atomic E-state index is 13.3. The van der Waals surface area contributed by atoms with Gasteiger partial charge in [-0.05, 0) is 55.3 Å². The van der Waals surface area contributed by atoms with Crippen molar-refractivity contribution < 1.29 is 22.7 Å². The van der Waals surface area contributed by atoms with E-state index in [1.807, 2.05) is 36.0 Å². The summed E-state index contributed by atoms with van der Waals surface area (Å²) in [4.78, 5) is 13.2. The molecule has 8 nitrogen and oxygen atoms in total. The van der Waals surface area contributed by atoms with E-state index in [9.17, 15) is 13.2 Å². The second-order valence-corrected chi connectivity index (χ2v) is 10.2. The lowest BCUT2D eigenvalue weighted by atomic mass is 9.98. The minimum absolute atomic E-state index is 0.163. The smallest absolute Gasteiger partial charge is 0.243 e. The Labute approximate surface area is 194 Å². The van der Waals surface area contributed by atoms with E-state index in [4.69, 9.17) is 9.47 Å². The molecule has 176 valence electrons. The van der Waals surface area contributed by atoms with Gasteiger partial charge in [0, 0.05) is 49.3 Å². The second kappa shape index (κ2) is 9.44. The average Bonchev–Trinajstić information content (AvgIpc) is 3.22. The third-order valence-electron chi connectivity index (χ3n) is 6.19. The summed E-state index contributed by atoms with van der Waals surface area (Å²) in [5.74, 6) is 0.745. The summed E-state index contributed by atoms with van der Waals surface area (Å²) in [6, 6.07) is 12.4. The fourth-order valence-corrected chi connectivity index (χ4v) is 5.85. The Bertz CT molecular complexity index is 1270.